The van der Waals surface area contributed by atoms with Crippen molar-refractivity contribution < 1.29 is 14.7 Å². The van der Waals surface area contributed by atoms with Gasteiger partial charge in [-0.2, -0.15) is 0 Å². The molecule has 0 aliphatic heterocycles. The lowest BCUT2D eigenvalue weighted by Gasteiger charge is -2.16. The minimum Gasteiger partial charge on any atom is -0.480 e. The SMILES string of the molecule is CC[C@@H](C)NC(=O)C[C@@H](NCc1ccccc1)C(=O)O. The van der Waals surface area contributed by atoms with E-state index < -0.39 is 12.0 Å². The molecule has 1 aromatic carbocycles. The average molecular weight is 278 g/mol. The van der Waals surface area contributed by atoms with Gasteiger partial charge in [0.1, 0.15) is 6.04 Å². The number of hydrogen-bond donors (Lipinski definition) is 3. The zero-order valence-electron chi connectivity index (χ0n) is 11.9. The van der Waals surface area contributed by atoms with Gasteiger partial charge in [-0.25, -0.2) is 0 Å². The van der Waals surface area contributed by atoms with Crippen molar-refractivity contribution in [3.8, 4) is 0 Å². The van der Waals surface area contributed by atoms with Crippen molar-refractivity contribution in [3.63, 3.8) is 0 Å². The standard InChI is InChI=1S/C15H22N2O3/c1-3-11(2)17-14(18)9-13(15(19)20)16-10-12-7-5-4-6-8-12/h4-8,11,13,16H,3,9-10H2,1-2H3,(H,17,18)(H,19,20)/t11-,13-/m1/s1. The van der Waals surface area contributed by atoms with E-state index in [-0.39, 0.29) is 18.4 Å². The fourth-order valence-corrected chi connectivity index (χ4v) is 1.70. The van der Waals surface area contributed by atoms with E-state index in [1.807, 2.05) is 44.2 Å². The number of benzene rings is 1. The number of hydrogen-bond acceptors (Lipinski definition) is 3. The molecule has 0 spiro atoms. The van der Waals surface area contributed by atoms with Crippen molar-refractivity contribution in [2.24, 2.45) is 0 Å². The van der Waals surface area contributed by atoms with Crippen LogP contribution in [0.25, 0.3) is 0 Å². The lowest BCUT2D eigenvalue weighted by Crippen LogP contribution is -2.42. The van der Waals surface area contributed by atoms with Crippen molar-refractivity contribution in [1.29, 1.82) is 0 Å². The maximum atomic E-state index is 11.7. The van der Waals surface area contributed by atoms with Crippen LogP contribution in [0.2, 0.25) is 0 Å². The molecule has 1 aromatic rings. The predicted octanol–water partition coefficient (Wildman–Crippen LogP) is 1.53. The van der Waals surface area contributed by atoms with E-state index in [0.29, 0.717) is 6.54 Å². The highest BCUT2D eigenvalue weighted by atomic mass is 16.4. The van der Waals surface area contributed by atoms with Crippen LogP contribution in [-0.2, 0) is 16.1 Å². The van der Waals surface area contributed by atoms with Crippen LogP contribution in [0.15, 0.2) is 30.3 Å². The molecule has 0 saturated heterocycles. The van der Waals surface area contributed by atoms with Crippen molar-refractivity contribution in [2.45, 2.75) is 45.3 Å². The summed E-state index contributed by atoms with van der Waals surface area (Å²) in [6.07, 6.45) is 0.757. The summed E-state index contributed by atoms with van der Waals surface area (Å²) in [6.45, 7) is 4.28. The van der Waals surface area contributed by atoms with E-state index in [1.54, 1.807) is 0 Å². The van der Waals surface area contributed by atoms with Gasteiger partial charge in [0.2, 0.25) is 5.91 Å². The minimum absolute atomic E-state index is 0.0612. The smallest absolute Gasteiger partial charge is 0.321 e. The molecule has 110 valence electrons. The highest BCUT2D eigenvalue weighted by molar-refractivity contribution is 5.84. The number of carbonyl (C=O) groups is 2. The van der Waals surface area contributed by atoms with E-state index in [1.165, 1.54) is 0 Å². The molecule has 5 heteroatoms. The molecule has 1 amide bonds. The molecular formula is C15H22N2O3. The topological polar surface area (TPSA) is 78.4 Å². The van der Waals surface area contributed by atoms with Crippen LogP contribution < -0.4 is 10.6 Å². The van der Waals surface area contributed by atoms with Gasteiger partial charge in [-0.3, -0.25) is 14.9 Å². The van der Waals surface area contributed by atoms with Gasteiger partial charge in [0.05, 0.1) is 6.42 Å². The van der Waals surface area contributed by atoms with Gasteiger partial charge in [0.15, 0.2) is 0 Å². The monoisotopic (exact) mass is 278 g/mol. The Kier molecular flexibility index (Phi) is 6.73. The number of carboxylic acid groups (broad SMARTS) is 1. The number of rotatable bonds is 8. The van der Waals surface area contributed by atoms with Crippen molar-refractivity contribution in [3.05, 3.63) is 35.9 Å². The third kappa shape index (κ3) is 5.84. The van der Waals surface area contributed by atoms with Gasteiger partial charge in [-0.05, 0) is 18.9 Å². The summed E-state index contributed by atoms with van der Waals surface area (Å²) >= 11 is 0. The maximum absolute atomic E-state index is 11.7. The Labute approximate surface area is 119 Å². The fraction of sp³-hybridized carbons (Fsp3) is 0.467. The average Bonchev–Trinajstić information content (AvgIpc) is 2.44. The van der Waals surface area contributed by atoms with Gasteiger partial charge in [0.25, 0.3) is 0 Å². The highest BCUT2D eigenvalue weighted by Gasteiger charge is 2.21. The number of carboxylic acids is 1. The molecule has 2 atom stereocenters. The van der Waals surface area contributed by atoms with Gasteiger partial charge in [0, 0.05) is 12.6 Å². The molecule has 1 rings (SSSR count). The largest absolute Gasteiger partial charge is 0.480 e. The van der Waals surface area contributed by atoms with E-state index in [2.05, 4.69) is 10.6 Å². The first-order valence-electron chi connectivity index (χ1n) is 6.82. The summed E-state index contributed by atoms with van der Waals surface area (Å²) in [5, 5.41) is 14.8. The minimum atomic E-state index is -1.01. The van der Waals surface area contributed by atoms with E-state index in [0.717, 1.165) is 12.0 Å². The predicted molar refractivity (Wildman–Crippen MR) is 77.2 cm³/mol. The maximum Gasteiger partial charge on any atom is 0.321 e. The van der Waals surface area contributed by atoms with Crippen molar-refractivity contribution >= 4 is 11.9 Å². The lowest BCUT2D eigenvalue weighted by atomic mass is 10.1. The van der Waals surface area contributed by atoms with Crippen LogP contribution in [0.3, 0.4) is 0 Å². The van der Waals surface area contributed by atoms with Crippen LogP contribution >= 0.6 is 0 Å². The molecule has 0 unspecified atom stereocenters. The van der Waals surface area contributed by atoms with Gasteiger partial charge < -0.3 is 10.4 Å². The third-order valence-electron chi connectivity index (χ3n) is 3.10. The normalized spacial score (nSPS) is 13.5. The van der Waals surface area contributed by atoms with E-state index >= 15 is 0 Å². The quantitative estimate of drug-likeness (QED) is 0.674. The molecule has 0 saturated carbocycles. The highest BCUT2D eigenvalue weighted by Crippen LogP contribution is 2.01. The number of nitrogens with one attached hydrogen (secondary N) is 2. The number of aliphatic carboxylic acids is 1. The molecule has 0 aliphatic carbocycles. The van der Waals surface area contributed by atoms with E-state index in [4.69, 9.17) is 5.11 Å². The van der Waals surface area contributed by atoms with Crippen LogP contribution in [0.4, 0.5) is 0 Å². The molecule has 0 heterocycles. The Hall–Kier alpha value is -1.88. The molecule has 0 aromatic heterocycles. The molecule has 5 nitrogen and oxygen atoms in total. The molecule has 0 radical (unpaired) electrons. The molecule has 0 fully saturated rings. The molecular weight excluding hydrogens is 256 g/mol. The van der Waals surface area contributed by atoms with Crippen LogP contribution in [0.5, 0.6) is 0 Å². The Balaban J connectivity index is 2.48. The van der Waals surface area contributed by atoms with Crippen LogP contribution in [0, 0.1) is 0 Å². The summed E-state index contributed by atoms with van der Waals surface area (Å²) < 4.78 is 0. The summed E-state index contributed by atoms with van der Waals surface area (Å²) in [5.41, 5.74) is 0.987. The Morgan fingerprint density at radius 3 is 2.45 bits per heavy atom. The van der Waals surface area contributed by atoms with Gasteiger partial charge >= 0.3 is 5.97 Å². The molecule has 0 aliphatic rings. The van der Waals surface area contributed by atoms with E-state index in [9.17, 15) is 9.59 Å². The molecule has 3 N–H and O–H groups in total. The van der Waals surface area contributed by atoms with Gasteiger partial charge in [-0.15, -0.1) is 0 Å². The Morgan fingerprint density at radius 1 is 1.25 bits per heavy atom. The summed E-state index contributed by atoms with van der Waals surface area (Å²) in [4.78, 5) is 22.9. The molecule has 20 heavy (non-hydrogen) atoms. The fourth-order valence-electron chi connectivity index (χ4n) is 1.70. The third-order valence-corrected chi connectivity index (χ3v) is 3.10. The van der Waals surface area contributed by atoms with Gasteiger partial charge in [-0.1, -0.05) is 37.3 Å². The summed E-state index contributed by atoms with van der Waals surface area (Å²) in [7, 11) is 0. The number of carbonyl (C=O) groups excluding carboxylic acids is 1. The number of amides is 1. The first kappa shape index (κ1) is 16.2. The summed E-state index contributed by atoms with van der Waals surface area (Å²) in [5.74, 6) is -1.26. The first-order chi connectivity index (χ1) is 9.52. The van der Waals surface area contributed by atoms with Crippen molar-refractivity contribution in [2.75, 3.05) is 0 Å². The second kappa shape index (κ2) is 8.32. The Morgan fingerprint density at radius 2 is 1.90 bits per heavy atom. The lowest BCUT2D eigenvalue weighted by molar-refractivity contribution is -0.141. The first-order valence-corrected chi connectivity index (χ1v) is 6.82. The zero-order valence-corrected chi connectivity index (χ0v) is 11.9. The second-order valence-electron chi connectivity index (χ2n) is 4.84. The summed E-state index contributed by atoms with van der Waals surface area (Å²) in [6, 6.07) is 8.68. The Bertz CT molecular complexity index is 434. The van der Waals surface area contributed by atoms with Crippen LogP contribution in [-0.4, -0.2) is 29.1 Å². The second-order valence-corrected chi connectivity index (χ2v) is 4.84. The van der Waals surface area contributed by atoms with Crippen LogP contribution in [0.1, 0.15) is 32.3 Å². The molecule has 0 bridgehead atoms. The zero-order chi connectivity index (χ0) is 15.0. The van der Waals surface area contributed by atoms with Crippen molar-refractivity contribution in [1.82, 2.24) is 10.6 Å².